The molecule has 0 aliphatic carbocycles. The lowest BCUT2D eigenvalue weighted by molar-refractivity contribution is 0.613. The van der Waals surface area contributed by atoms with Gasteiger partial charge in [-0.05, 0) is 18.6 Å². The lowest BCUT2D eigenvalue weighted by Gasteiger charge is -2.00. The second kappa shape index (κ2) is 6.19. The third-order valence-corrected chi connectivity index (χ3v) is 1.61. The molecular weight excluding hydrogens is 165 g/mol. The Bertz CT molecular complexity index is 279. The minimum Gasteiger partial charge on any atom is -0.207 e. The van der Waals surface area contributed by atoms with E-state index in [9.17, 15) is 4.39 Å². The smallest absolute Gasteiger partial charge is 0.127 e. The van der Waals surface area contributed by atoms with Crippen LogP contribution in [-0.4, -0.2) is 0 Å². The van der Waals surface area contributed by atoms with Crippen molar-refractivity contribution in [3.63, 3.8) is 0 Å². The van der Waals surface area contributed by atoms with Crippen LogP contribution in [0.4, 0.5) is 4.39 Å². The van der Waals surface area contributed by atoms with Crippen molar-refractivity contribution in [1.29, 1.82) is 5.26 Å². The average molecular weight is 179 g/mol. The Hall–Kier alpha value is -1.36. The van der Waals surface area contributed by atoms with Crippen LogP contribution >= 0.6 is 0 Å². The highest BCUT2D eigenvalue weighted by atomic mass is 19.1. The molecule has 2 heteroatoms. The molecular formula is C11H14FN. The maximum Gasteiger partial charge on any atom is 0.127 e. The molecule has 0 spiro atoms. The van der Waals surface area contributed by atoms with Gasteiger partial charge in [0, 0.05) is 5.56 Å². The van der Waals surface area contributed by atoms with Crippen LogP contribution in [0.15, 0.2) is 18.2 Å². The topological polar surface area (TPSA) is 23.8 Å². The average Bonchev–Trinajstić information content (AvgIpc) is 2.15. The quantitative estimate of drug-likeness (QED) is 0.649. The van der Waals surface area contributed by atoms with Gasteiger partial charge in [-0.1, -0.05) is 26.0 Å². The van der Waals surface area contributed by atoms with Crippen molar-refractivity contribution >= 4 is 0 Å². The van der Waals surface area contributed by atoms with Gasteiger partial charge in [-0.25, -0.2) is 4.39 Å². The Kier molecular flexibility index (Phi) is 5.54. The highest BCUT2D eigenvalue weighted by molar-refractivity contribution is 5.29. The van der Waals surface area contributed by atoms with Crippen LogP contribution in [0.3, 0.4) is 0 Å². The summed E-state index contributed by atoms with van der Waals surface area (Å²) in [7, 11) is 0. The van der Waals surface area contributed by atoms with Gasteiger partial charge in [0.2, 0.25) is 0 Å². The Balaban J connectivity index is 0.000000671. The molecule has 1 aromatic rings. The molecule has 1 rings (SSSR count). The molecule has 1 aromatic carbocycles. The van der Waals surface area contributed by atoms with Crippen molar-refractivity contribution in [3.05, 3.63) is 35.1 Å². The first-order valence-electron chi connectivity index (χ1n) is 4.36. The van der Waals surface area contributed by atoms with E-state index in [1.807, 2.05) is 19.9 Å². The van der Waals surface area contributed by atoms with Gasteiger partial charge < -0.3 is 0 Å². The van der Waals surface area contributed by atoms with Crippen molar-refractivity contribution < 1.29 is 4.39 Å². The molecule has 0 unspecified atom stereocenters. The van der Waals surface area contributed by atoms with Crippen molar-refractivity contribution in [2.45, 2.75) is 27.2 Å². The van der Waals surface area contributed by atoms with Gasteiger partial charge in [0.05, 0.1) is 12.5 Å². The van der Waals surface area contributed by atoms with E-state index in [1.54, 1.807) is 19.1 Å². The maximum atomic E-state index is 12.9. The summed E-state index contributed by atoms with van der Waals surface area (Å²) < 4.78 is 12.9. The van der Waals surface area contributed by atoms with E-state index < -0.39 is 0 Å². The van der Waals surface area contributed by atoms with E-state index in [0.29, 0.717) is 5.56 Å². The number of nitriles is 1. The zero-order valence-electron chi connectivity index (χ0n) is 8.26. The lowest BCUT2D eigenvalue weighted by atomic mass is 10.1. The SMILES string of the molecule is CC.Cc1cccc(F)c1CC#N. The highest BCUT2D eigenvalue weighted by Crippen LogP contribution is 2.12. The number of nitrogens with zero attached hydrogens (tertiary/aromatic N) is 1. The molecule has 0 atom stereocenters. The summed E-state index contributed by atoms with van der Waals surface area (Å²) in [6, 6.07) is 6.75. The molecule has 0 bridgehead atoms. The van der Waals surface area contributed by atoms with Crippen molar-refractivity contribution in [3.8, 4) is 6.07 Å². The summed E-state index contributed by atoms with van der Waals surface area (Å²) in [5.41, 5.74) is 1.35. The summed E-state index contributed by atoms with van der Waals surface area (Å²) in [6.07, 6.45) is 0.151. The number of aryl methyl sites for hydroxylation is 1. The van der Waals surface area contributed by atoms with Crippen LogP contribution in [-0.2, 0) is 6.42 Å². The van der Waals surface area contributed by atoms with Crippen LogP contribution in [0.2, 0.25) is 0 Å². The predicted molar refractivity (Wildman–Crippen MR) is 51.8 cm³/mol. The van der Waals surface area contributed by atoms with Crippen molar-refractivity contribution in [2.24, 2.45) is 0 Å². The summed E-state index contributed by atoms with van der Waals surface area (Å²) in [5.74, 6) is -0.286. The Morgan fingerprint density at radius 3 is 2.46 bits per heavy atom. The molecule has 0 fully saturated rings. The van der Waals surface area contributed by atoms with E-state index in [-0.39, 0.29) is 12.2 Å². The predicted octanol–water partition coefficient (Wildman–Crippen LogP) is 3.23. The second-order valence-corrected chi connectivity index (χ2v) is 2.37. The largest absolute Gasteiger partial charge is 0.207 e. The molecule has 0 heterocycles. The van der Waals surface area contributed by atoms with Gasteiger partial charge in [-0.3, -0.25) is 0 Å². The lowest BCUT2D eigenvalue weighted by Crippen LogP contribution is -1.91. The minimum atomic E-state index is -0.286. The summed E-state index contributed by atoms with van der Waals surface area (Å²) >= 11 is 0. The summed E-state index contributed by atoms with van der Waals surface area (Å²) in [4.78, 5) is 0. The number of benzene rings is 1. The van der Waals surface area contributed by atoms with Gasteiger partial charge in [0.25, 0.3) is 0 Å². The second-order valence-electron chi connectivity index (χ2n) is 2.37. The standard InChI is InChI=1S/C9H8FN.C2H6/c1-7-3-2-4-9(10)8(7)5-6-11;1-2/h2-4H,5H2,1H3;1-2H3. The first-order chi connectivity index (χ1) is 6.25. The highest BCUT2D eigenvalue weighted by Gasteiger charge is 2.02. The molecule has 0 radical (unpaired) electrons. The molecule has 0 saturated heterocycles. The molecule has 1 nitrogen and oxygen atoms in total. The van der Waals surface area contributed by atoms with E-state index in [0.717, 1.165) is 5.56 Å². The Morgan fingerprint density at radius 1 is 1.38 bits per heavy atom. The fourth-order valence-electron chi connectivity index (χ4n) is 0.969. The maximum absolute atomic E-state index is 12.9. The molecule has 13 heavy (non-hydrogen) atoms. The van der Waals surface area contributed by atoms with Crippen molar-refractivity contribution in [1.82, 2.24) is 0 Å². The molecule has 70 valence electrons. The molecule has 0 aliphatic rings. The zero-order valence-corrected chi connectivity index (χ0v) is 8.26. The van der Waals surface area contributed by atoms with E-state index in [1.165, 1.54) is 6.07 Å². The first kappa shape index (κ1) is 11.6. The Labute approximate surface area is 78.8 Å². The van der Waals surface area contributed by atoms with Crippen LogP contribution in [0.5, 0.6) is 0 Å². The van der Waals surface area contributed by atoms with Gasteiger partial charge in [0.15, 0.2) is 0 Å². The van der Waals surface area contributed by atoms with Crippen LogP contribution < -0.4 is 0 Å². The summed E-state index contributed by atoms with van der Waals surface area (Å²) in [5, 5.41) is 8.35. The van der Waals surface area contributed by atoms with E-state index in [2.05, 4.69) is 0 Å². The fourth-order valence-corrected chi connectivity index (χ4v) is 0.969. The number of rotatable bonds is 1. The monoisotopic (exact) mass is 179 g/mol. The third-order valence-electron chi connectivity index (χ3n) is 1.61. The molecule has 0 N–H and O–H groups in total. The zero-order chi connectivity index (χ0) is 10.3. The first-order valence-corrected chi connectivity index (χ1v) is 4.36. The van der Waals surface area contributed by atoms with E-state index in [4.69, 9.17) is 5.26 Å². The van der Waals surface area contributed by atoms with Gasteiger partial charge in [0.1, 0.15) is 5.82 Å². The van der Waals surface area contributed by atoms with E-state index >= 15 is 0 Å². The molecule has 0 aromatic heterocycles. The van der Waals surface area contributed by atoms with Crippen LogP contribution in [0.1, 0.15) is 25.0 Å². The van der Waals surface area contributed by atoms with Gasteiger partial charge >= 0.3 is 0 Å². The fraction of sp³-hybridized carbons (Fsp3) is 0.364. The normalized spacial score (nSPS) is 8.23. The van der Waals surface area contributed by atoms with Gasteiger partial charge in [-0.2, -0.15) is 5.26 Å². The van der Waals surface area contributed by atoms with Crippen LogP contribution in [0.25, 0.3) is 0 Å². The number of hydrogen-bond donors (Lipinski definition) is 0. The number of hydrogen-bond acceptors (Lipinski definition) is 1. The summed E-state index contributed by atoms with van der Waals surface area (Å²) in [6.45, 7) is 5.80. The number of halogens is 1. The van der Waals surface area contributed by atoms with Crippen LogP contribution in [0, 0.1) is 24.1 Å². The van der Waals surface area contributed by atoms with Gasteiger partial charge in [-0.15, -0.1) is 0 Å². The third kappa shape index (κ3) is 3.25. The minimum absolute atomic E-state index is 0.151. The molecule has 0 amide bonds. The molecule has 0 aliphatic heterocycles. The van der Waals surface area contributed by atoms with Crippen molar-refractivity contribution in [2.75, 3.05) is 0 Å². The molecule has 0 saturated carbocycles. The Morgan fingerprint density at radius 2 is 2.00 bits per heavy atom.